The van der Waals surface area contributed by atoms with Crippen LogP contribution in [0.5, 0.6) is 5.75 Å². The maximum absolute atomic E-state index is 12.4. The third kappa shape index (κ3) is 3.52. The number of carbonyl (C=O) groups excluding carboxylic acids is 1. The van der Waals surface area contributed by atoms with Gasteiger partial charge in [0, 0.05) is 4.47 Å². The lowest BCUT2D eigenvalue weighted by molar-refractivity contribution is -0.119. The maximum Gasteiger partial charge on any atom is 0.241 e. The van der Waals surface area contributed by atoms with Crippen LogP contribution in [0.15, 0.2) is 16.6 Å². The molecule has 1 heterocycles. The van der Waals surface area contributed by atoms with Gasteiger partial charge in [0.1, 0.15) is 5.75 Å². The highest BCUT2D eigenvalue weighted by atomic mass is 79.9. The number of anilines is 1. The molecular weight excluding hydrogens is 320 g/mol. The first-order chi connectivity index (χ1) is 9.51. The number of nitrogens with one attached hydrogen (secondary N) is 2. The summed E-state index contributed by atoms with van der Waals surface area (Å²) in [6, 6.07) is 3.71. The molecule has 1 aromatic carbocycles. The van der Waals surface area contributed by atoms with E-state index in [9.17, 15) is 4.79 Å². The fourth-order valence-corrected chi connectivity index (χ4v) is 3.10. The van der Waals surface area contributed by atoms with Crippen LogP contribution in [0.3, 0.4) is 0 Å². The molecule has 1 fully saturated rings. The number of piperidine rings is 1. The normalized spacial score (nSPS) is 22.4. The first-order valence-electron chi connectivity index (χ1n) is 6.89. The van der Waals surface area contributed by atoms with Gasteiger partial charge in [-0.15, -0.1) is 0 Å². The van der Waals surface area contributed by atoms with Crippen molar-refractivity contribution in [2.75, 3.05) is 19.0 Å². The van der Waals surface area contributed by atoms with Gasteiger partial charge in [-0.1, -0.05) is 22.9 Å². The summed E-state index contributed by atoms with van der Waals surface area (Å²) in [5.74, 6) is 1.27. The standard InChI is InChI=1S/C15H21BrN2O2/c1-9-4-5-17-12(6-9)15(19)18-14-10(2)7-11(16)8-13(14)20-3/h7-9,12,17H,4-6H2,1-3H3,(H,18,19). The van der Waals surface area contributed by atoms with Crippen molar-refractivity contribution in [1.29, 1.82) is 0 Å². The highest BCUT2D eigenvalue weighted by molar-refractivity contribution is 9.10. The Balaban J connectivity index is 2.15. The van der Waals surface area contributed by atoms with E-state index in [2.05, 4.69) is 33.5 Å². The second-order valence-electron chi connectivity index (χ2n) is 5.43. The molecule has 2 atom stereocenters. The van der Waals surface area contributed by atoms with E-state index in [1.165, 1.54) is 0 Å². The van der Waals surface area contributed by atoms with E-state index in [1.807, 2.05) is 19.1 Å². The smallest absolute Gasteiger partial charge is 0.241 e. The van der Waals surface area contributed by atoms with Gasteiger partial charge in [-0.2, -0.15) is 0 Å². The number of rotatable bonds is 3. The van der Waals surface area contributed by atoms with Gasteiger partial charge in [-0.3, -0.25) is 4.79 Å². The van der Waals surface area contributed by atoms with E-state index >= 15 is 0 Å². The van der Waals surface area contributed by atoms with Gasteiger partial charge < -0.3 is 15.4 Å². The van der Waals surface area contributed by atoms with Crippen molar-refractivity contribution in [1.82, 2.24) is 5.32 Å². The van der Waals surface area contributed by atoms with E-state index in [0.717, 1.165) is 35.1 Å². The minimum absolute atomic E-state index is 0.0141. The fourth-order valence-electron chi connectivity index (χ4n) is 2.55. The Morgan fingerprint density at radius 2 is 2.25 bits per heavy atom. The van der Waals surface area contributed by atoms with E-state index in [1.54, 1.807) is 7.11 Å². The molecule has 5 heteroatoms. The van der Waals surface area contributed by atoms with Crippen LogP contribution in [0.25, 0.3) is 0 Å². The number of hydrogen-bond donors (Lipinski definition) is 2. The first-order valence-corrected chi connectivity index (χ1v) is 7.69. The zero-order chi connectivity index (χ0) is 14.7. The molecule has 2 N–H and O–H groups in total. The van der Waals surface area contributed by atoms with E-state index in [0.29, 0.717) is 11.7 Å². The van der Waals surface area contributed by atoms with Gasteiger partial charge in [-0.25, -0.2) is 0 Å². The molecule has 110 valence electrons. The molecular formula is C15H21BrN2O2. The summed E-state index contributed by atoms with van der Waals surface area (Å²) in [5.41, 5.74) is 1.73. The fraction of sp³-hybridized carbons (Fsp3) is 0.533. The number of amides is 1. The van der Waals surface area contributed by atoms with Gasteiger partial charge in [0.2, 0.25) is 5.91 Å². The molecule has 1 amide bonds. The zero-order valence-corrected chi connectivity index (χ0v) is 13.7. The summed E-state index contributed by atoms with van der Waals surface area (Å²) in [6.45, 7) is 5.04. The molecule has 0 spiro atoms. The molecule has 2 rings (SSSR count). The Labute approximate surface area is 128 Å². The topological polar surface area (TPSA) is 50.4 Å². The van der Waals surface area contributed by atoms with Crippen LogP contribution in [0.1, 0.15) is 25.3 Å². The Hall–Kier alpha value is -1.07. The summed E-state index contributed by atoms with van der Waals surface area (Å²) < 4.78 is 6.29. The molecule has 4 nitrogen and oxygen atoms in total. The SMILES string of the molecule is COc1cc(Br)cc(C)c1NC(=O)C1CC(C)CCN1. The number of carbonyl (C=O) groups is 1. The van der Waals surface area contributed by atoms with Crippen LogP contribution < -0.4 is 15.4 Å². The molecule has 1 aliphatic heterocycles. The third-order valence-corrected chi connectivity index (χ3v) is 4.17. The van der Waals surface area contributed by atoms with Crippen molar-refractivity contribution in [3.05, 3.63) is 22.2 Å². The molecule has 0 saturated carbocycles. The summed E-state index contributed by atoms with van der Waals surface area (Å²) >= 11 is 3.43. The molecule has 1 aromatic rings. The Morgan fingerprint density at radius 3 is 2.90 bits per heavy atom. The van der Waals surface area contributed by atoms with Crippen molar-refractivity contribution in [3.63, 3.8) is 0 Å². The number of hydrogen-bond acceptors (Lipinski definition) is 3. The Bertz CT molecular complexity index is 505. The minimum Gasteiger partial charge on any atom is -0.495 e. The lowest BCUT2D eigenvalue weighted by atomic mass is 9.94. The number of benzene rings is 1. The molecule has 0 aromatic heterocycles. The van der Waals surface area contributed by atoms with Gasteiger partial charge in [0.15, 0.2) is 0 Å². The van der Waals surface area contributed by atoms with Crippen LogP contribution in [0.4, 0.5) is 5.69 Å². The summed E-state index contributed by atoms with van der Waals surface area (Å²) in [7, 11) is 1.61. The second-order valence-corrected chi connectivity index (χ2v) is 6.34. The molecule has 2 unspecified atom stereocenters. The summed E-state index contributed by atoms with van der Waals surface area (Å²) in [5, 5.41) is 6.28. The Morgan fingerprint density at radius 1 is 1.50 bits per heavy atom. The van der Waals surface area contributed by atoms with Gasteiger partial charge in [-0.05, 0) is 49.9 Å². The van der Waals surface area contributed by atoms with Crippen molar-refractivity contribution in [3.8, 4) is 5.75 Å². The highest BCUT2D eigenvalue weighted by Gasteiger charge is 2.25. The maximum atomic E-state index is 12.4. The first kappa shape index (κ1) is 15.3. The average Bonchev–Trinajstić information content (AvgIpc) is 2.41. The van der Waals surface area contributed by atoms with Gasteiger partial charge in [0.05, 0.1) is 18.8 Å². The molecule has 20 heavy (non-hydrogen) atoms. The van der Waals surface area contributed by atoms with Crippen molar-refractivity contribution >= 4 is 27.5 Å². The molecule has 1 aliphatic rings. The lowest BCUT2D eigenvalue weighted by Gasteiger charge is -2.27. The molecule has 1 saturated heterocycles. The predicted octanol–water partition coefficient (Wildman–Crippen LogP) is 3.09. The summed E-state index contributed by atoms with van der Waals surface area (Å²) in [6.07, 6.45) is 2.01. The molecule has 0 radical (unpaired) electrons. The highest BCUT2D eigenvalue weighted by Crippen LogP contribution is 2.32. The van der Waals surface area contributed by atoms with Crippen LogP contribution >= 0.6 is 15.9 Å². The number of aryl methyl sites for hydroxylation is 1. The average molecular weight is 341 g/mol. The quantitative estimate of drug-likeness (QED) is 0.888. The Kier molecular flexibility index (Phi) is 5.05. The number of halogens is 1. The third-order valence-electron chi connectivity index (χ3n) is 3.71. The predicted molar refractivity (Wildman–Crippen MR) is 84.2 cm³/mol. The van der Waals surface area contributed by atoms with E-state index < -0.39 is 0 Å². The lowest BCUT2D eigenvalue weighted by Crippen LogP contribution is -2.45. The second kappa shape index (κ2) is 6.59. The number of ether oxygens (including phenoxy) is 1. The van der Waals surface area contributed by atoms with Crippen molar-refractivity contribution < 1.29 is 9.53 Å². The van der Waals surface area contributed by atoms with Crippen molar-refractivity contribution in [2.45, 2.75) is 32.7 Å². The number of methoxy groups -OCH3 is 1. The van der Waals surface area contributed by atoms with Crippen LogP contribution in [0.2, 0.25) is 0 Å². The summed E-state index contributed by atoms with van der Waals surface area (Å²) in [4.78, 5) is 12.4. The minimum atomic E-state index is -0.119. The van der Waals surface area contributed by atoms with Crippen LogP contribution in [-0.4, -0.2) is 25.6 Å². The largest absolute Gasteiger partial charge is 0.495 e. The molecule has 0 aliphatic carbocycles. The van der Waals surface area contributed by atoms with Gasteiger partial charge in [0.25, 0.3) is 0 Å². The van der Waals surface area contributed by atoms with Gasteiger partial charge >= 0.3 is 0 Å². The molecule has 0 bridgehead atoms. The van der Waals surface area contributed by atoms with E-state index in [-0.39, 0.29) is 11.9 Å². The zero-order valence-electron chi connectivity index (χ0n) is 12.1. The monoisotopic (exact) mass is 340 g/mol. The van der Waals surface area contributed by atoms with Crippen LogP contribution in [0, 0.1) is 12.8 Å². The van der Waals surface area contributed by atoms with Crippen molar-refractivity contribution in [2.24, 2.45) is 5.92 Å². The van der Waals surface area contributed by atoms with Crippen LogP contribution in [-0.2, 0) is 4.79 Å². The van der Waals surface area contributed by atoms with E-state index in [4.69, 9.17) is 4.74 Å².